The molecule has 0 bridgehead atoms. The van der Waals surface area contributed by atoms with Crippen LogP contribution in [0.15, 0.2) is 0 Å². The number of rotatable bonds is 0. The zero-order valence-electron chi connectivity index (χ0n) is 2.68. The first-order valence-corrected chi connectivity index (χ1v) is 3.00. The van der Waals surface area contributed by atoms with Gasteiger partial charge in [-0.3, -0.25) is 0 Å². The molecule has 0 heterocycles. The van der Waals surface area contributed by atoms with Gasteiger partial charge in [-0.25, -0.2) is 0 Å². The quantitative estimate of drug-likeness (QED) is 0.341. The van der Waals surface area contributed by atoms with Crippen LogP contribution < -0.4 is 0 Å². The average molecular weight is 89.9 g/mol. The fraction of sp³-hybridized carbons (Fsp3) is 0. The van der Waals surface area contributed by atoms with Gasteiger partial charge < -0.3 is 0 Å². The van der Waals surface area contributed by atoms with Gasteiger partial charge in [0.15, 0.2) is 0 Å². The van der Waals surface area contributed by atoms with Crippen molar-refractivity contribution in [2.45, 2.75) is 0 Å². The molecule has 0 rings (SSSR count). The molecule has 0 aromatic rings. The molecule has 0 aromatic heterocycles. The molecule has 5 heteroatoms. The van der Waals surface area contributed by atoms with Crippen LogP contribution in [-0.4, -0.2) is 22.1 Å². The van der Waals surface area contributed by atoms with Gasteiger partial charge in [-0.1, -0.05) is 0 Å². The van der Waals surface area contributed by atoms with Crippen molar-refractivity contribution in [3.05, 3.63) is 0 Å². The summed E-state index contributed by atoms with van der Waals surface area (Å²) >= 11 is 0.632. The van der Waals surface area contributed by atoms with Crippen LogP contribution in [0.2, 0.25) is 0 Å². The predicted molar refractivity (Wildman–Crippen MR) is 16.7 cm³/mol. The molecule has 0 spiro atoms. The van der Waals surface area contributed by atoms with Crippen molar-refractivity contribution in [3.63, 3.8) is 0 Å². The summed E-state index contributed by atoms with van der Waals surface area (Å²) in [7, 11) is 0. The average Bonchev–Trinajstić information content (AvgIpc) is 0.722. The zero-order chi connectivity index (χ0) is 4.50. The predicted octanol–water partition coefficient (Wildman–Crippen LogP) is 0.225. The first-order valence-electron chi connectivity index (χ1n) is 0.999. The van der Waals surface area contributed by atoms with Crippen molar-refractivity contribution in [3.8, 4) is 0 Å². The minimum absolute atomic E-state index is 0.632. The van der Waals surface area contributed by atoms with Gasteiger partial charge in [0.25, 0.3) is 0 Å². The van der Waals surface area contributed by atoms with Crippen LogP contribution in [0.4, 0.5) is 4.20 Å². The van der Waals surface area contributed by atoms with E-state index in [1.807, 2.05) is 0 Å². The number of hydrogen-bond acceptors (Lipinski definition) is 1. The molecular weight excluding hydrogens is 88.9 g/mol. The van der Waals surface area contributed by atoms with Gasteiger partial charge >= 0.3 is 37.0 Å². The molecule has 26 valence electrons. The van der Waals surface area contributed by atoms with Crippen LogP contribution in [0.25, 0.3) is 0 Å². The van der Waals surface area contributed by atoms with Gasteiger partial charge in [0, 0.05) is 0 Å². The molecule has 0 aliphatic heterocycles. The second-order valence-electron chi connectivity index (χ2n) is 0.778. The SMILES string of the molecule is [Li][P](=O)(O)F. The summed E-state index contributed by atoms with van der Waals surface area (Å²) in [5.41, 5.74) is 0. The van der Waals surface area contributed by atoms with Crippen molar-refractivity contribution in [1.82, 2.24) is 0 Å². The van der Waals surface area contributed by atoms with Gasteiger partial charge in [0.05, 0.1) is 0 Å². The Balaban J connectivity index is 3.47. The van der Waals surface area contributed by atoms with E-state index in [9.17, 15) is 4.20 Å². The van der Waals surface area contributed by atoms with Gasteiger partial charge in [-0.05, 0) is 0 Å². The van der Waals surface area contributed by atoms with Crippen LogP contribution in [0.3, 0.4) is 0 Å². The summed E-state index contributed by atoms with van der Waals surface area (Å²) in [6, 6.07) is 0. The molecule has 0 aliphatic carbocycles. The third-order valence-electron chi connectivity index (χ3n) is 0. The zero-order valence-corrected chi connectivity index (χ0v) is 3.58. The Kier molecular flexibility index (Phi) is 1.65. The molecule has 0 fully saturated rings. The summed E-state index contributed by atoms with van der Waals surface area (Å²) in [6.45, 7) is 0. The Morgan fingerprint density at radius 2 is 2.00 bits per heavy atom. The monoisotopic (exact) mass is 90.0 g/mol. The summed E-state index contributed by atoms with van der Waals surface area (Å²) in [5, 5.41) is 0. The van der Waals surface area contributed by atoms with E-state index >= 15 is 0 Å². The van der Waals surface area contributed by atoms with E-state index in [0.29, 0.717) is 17.2 Å². The maximum atomic E-state index is 10.8. The fourth-order valence-corrected chi connectivity index (χ4v) is 0. The molecular formula is HFLiO2P. The molecule has 1 atom stereocenters. The molecule has 2 nitrogen and oxygen atoms in total. The number of halogens is 1. The summed E-state index contributed by atoms with van der Waals surface area (Å²) in [4.78, 5) is 7.41. The third-order valence-corrected chi connectivity index (χ3v) is 0. The Hall–Kier alpha value is 0.717. The summed E-state index contributed by atoms with van der Waals surface area (Å²) in [5.74, 6) is 0. The summed E-state index contributed by atoms with van der Waals surface area (Å²) in [6.07, 6.45) is -4.14. The van der Waals surface area contributed by atoms with E-state index < -0.39 is 6.10 Å². The molecule has 0 saturated carbocycles. The van der Waals surface area contributed by atoms with Crippen LogP contribution in [-0.2, 0) is 4.57 Å². The topological polar surface area (TPSA) is 37.3 Å². The van der Waals surface area contributed by atoms with Gasteiger partial charge in [0.2, 0.25) is 0 Å². The fourth-order valence-electron chi connectivity index (χ4n) is 0. The molecule has 0 aliphatic rings. The van der Waals surface area contributed by atoms with E-state index in [1.54, 1.807) is 0 Å². The van der Waals surface area contributed by atoms with Crippen molar-refractivity contribution in [2.24, 2.45) is 0 Å². The Bertz CT molecular complexity index is 55.8. The molecule has 1 unspecified atom stereocenters. The van der Waals surface area contributed by atoms with Crippen LogP contribution >= 0.6 is 6.10 Å². The van der Waals surface area contributed by atoms with Crippen LogP contribution in [0.1, 0.15) is 0 Å². The van der Waals surface area contributed by atoms with E-state index in [0.717, 1.165) is 0 Å². The van der Waals surface area contributed by atoms with Crippen LogP contribution in [0, 0.1) is 0 Å². The van der Waals surface area contributed by atoms with E-state index in [1.165, 1.54) is 0 Å². The van der Waals surface area contributed by atoms with Crippen molar-refractivity contribution in [1.29, 1.82) is 0 Å². The second kappa shape index (κ2) is 1.44. The molecule has 0 aromatic carbocycles. The maximum absolute atomic E-state index is 10.8. The Labute approximate surface area is 37.7 Å². The Morgan fingerprint density at radius 3 is 2.00 bits per heavy atom. The molecule has 5 heavy (non-hydrogen) atoms. The molecule has 0 amide bonds. The van der Waals surface area contributed by atoms with Gasteiger partial charge in [-0.15, -0.1) is 0 Å². The second-order valence-corrected chi connectivity index (χ2v) is 2.33. The van der Waals surface area contributed by atoms with E-state index in [-0.39, 0.29) is 0 Å². The molecule has 1 N–H and O–H groups in total. The summed E-state index contributed by atoms with van der Waals surface area (Å²) < 4.78 is 19.9. The van der Waals surface area contributed by atoms with Crippen molar-refractivity contribution < 1.29 is 13.7 Å². The molecule has 0 saturated heterocycles. The number of hydrogen-bond donors (Lipinski definition) is 1. The molecule has 0 radical (unpaired) electrons. The minimum atomic E-state index is -4.14. The van der Waals surface area contributed by atoms with Crippen molar-refractivity contribution >= 4 is 23.3 Å². The van der Waals surface area contributed by atoms with Crippen LogP contribution in [0.5, 0.6) is 0 Å². The van der Waals surface area contributed by atoms with Gasteiger partial charge in [0.1, 0.15) is 0 Å². The van der Waals surface area contributed by atoms with Gasteiger partial charge in [-0.2, -0.15) is 0 Å². The van der Waals surface area contributed by atoms with E-state index in [4.69, 9.17) is 9.46 Å². The first-order chi connectivity index (χ1) is 2.00. The van der Waals surface area contributed by atoms with Crippen molar-refractivity contribution in [2.75, 3.05) is 0 Å². The first kappa shape index (κ1) is 5.72. The standard InChI is InChI=1S/FO2P.Li/c1-4(2)3;/q;-1/p+1. The Morgan fingerprint density at radius 1 is 2.00 bits per heavy atom. The third kappa shape index (κ3) is 67.7. The normalized spacial score (nSPS) is 21.6. The van der Waals surface area contributed by atoms with E-state index in [2.05, 4.69) is 0 Å².